The van der Waals surface area contributed by atoms with E-state index in [1.807, 2.05) is 6.92 Å². The van der Waals surface area contributed by atoms with Gasteiger partial charge in [-0.3, -0.25) is 9.59 Å². The molecule has 0 bridgehead atoms. The zero-order valence-electron chi connectivity index (χ0n) is 14.3. The van der Waals surface area contributed by atoms with Crippen molar-refractivity contribution < 1.29 is 9.59 Å². The van der Waals surface area contributed by atoms with Crippen molar-refractivity contribution in [3.8, 4) is 6.07 Å². The molecule has 24 heavy (non-hydrogen) atoms. The molecule has 0 spiro atoms. The molecule has 1 atom stereocenters. The predicted molar refractivity (Wildman–Crippen MR) is 89.0 cm³/mol. The topological polar surface area (TPSA) is 111 Å². The number of nitrogens with one attached hydrogen (secondary N) is 3. The number of hydrogen-bond acceptors (Lipinski definition) is 4. The Balaban J connectivity index is 1.76. The molecular weight excluding hydrogens is 306 g/mol. The summed E-state index contributed by atoms with van der Waals surface area (Å²) in [5, 5.41) is 15.0. The molecule has 0 unspecified atom stereocenters. The second kappa shape index (κ2) is 7.95. The van der Waals surface area contributed by atoms with Crippen molar-refractivity contribution in [3.05, 3.63) is 17.7 Å². The highest BCUT2D eigenvalue weighted by molar-refractivity contribution is 5.92. The van der Waals surface area contributed by atoms with Gasteiger partial charge in [-0.1, -0.05) is 19.3 Å². The van der Waals surface area contributed by atoms with Crippen molar-refractivity contribution in [3.63, 3.8) is 0 Å². The Morgan fingerprint density at radius 1 is 1.42 bits per heavy atom. The highest BCUT2D eigenvalue weighted by Crippen LogP contribution is 2.38. The maximum absolute atomic E-state index is 12.1. The lowest BCUT2D eigenvalue weighted by Crippen LogP contribution is -2.43. The molecule has 0 aromatic carbocycles. The van der Waals surface area contributed by atoms with Crippen LogP contribution in [0, 0.1) is 23.7 Å². The number of aromatic amines is 1. The molecule has 2 amide bonds. The van der Waals surface area contributed by atoms with Crippen LogP contribution < -0.4 is 10.6 Å². The molecule has 7 heteroatoms. The molecule has 1 saturated carbocycles. The van der Waals surface area contributed by atoms with Gasteiger partial charge in [0.15, 0.2) is 0 Å². The third-order valence-electron chi connectivity index (χ3n) is 4.48. The van der Waals surface area contributed by atoms with Gasteiger partial charge in [-0.25, -0.2) is 4.98 Å². The predicted octanol–water partition coefficient (Wildman–Crippen LogP) is 1.82. The fourth-order valence-corrected chi connectivity index (χ4v) is 3.08. The van der Waals surface area contributed by atoms with E-state index in [1.165, 1.54) is 6.20 Å². The fraction of sp³-hybridized carbons (Fsp3) is 0.647. The van der Waals surface area contributed by atoms with Gasteiger partial charge in [-0.2, -0.15) is 5.26 Å². The molecule has 1 aromatic rings. The number of H-pyrrole nitrogens is 1. The summed E-state index contributed by atoms with van der Waals surface area (Å²) in [6, 6.07) is 2.14. The molecule has 1 aromatic heterocycles. The smallest absolute Gasteiger partial charge is 0.269 e. The zero-order valence-corrected chi connectivity index (χ0v) is 14.3. The summed E-state index contributed by atoms with van der Waals surface area (Å²) in [6.07, 6.45) is 6.47. The Hall–Kier alpha value is -2.36. The second-order valence-corrected chi connectivity index (χ2v) is 6.69. The molecule has 7 nitrogen and oxygen atoms in total. The van der Waals surface area contributed by atoms with E-state index in [-0.39, 0.29) is 24.3 Å². The van der Waals surface area contributed by atoms with E-state index >= 15 is 0 Å². The van der Waals surface area contributed by atoms with Crippen LogP contribution in [-0.4, -0.2) is 34.4 Å². The number of aryl methyl sites for hydroxylation is 1. The van der Waals surface area contributed by atoms with E-state index in [1.54, 1.807) is 6.92 Å². The van der Waals surface area contributed by atoms with Gasteiger partial charge < -0.3 is 15.6 Å². The van der Waals surface area contributed by atoms with Crippen LogP contribution in [0.1, 0.15) is 61.8 Å². The summed E-state index contributed by atoms with van der Waals surface area (Å²) in [4.78, 5) is 31.0. The van der Waals surface area contributed by atoms with Gasteiger partial charge in [0.25, 0.3) is 5.91 Å². The maximum atomic E-state index is 12.1. The standard InChI is InChI=1S/C17H25N5O2/c1-12(21-16(24)14-10-19-13(2)22-14)9-20-15(23)8-17(11-18)6-4-3-5-7-17/h10,12H,3-9H2,1-2H3,(H,19,22)(H,20,23)(H,21,24)/t12-/m1/s1. The normalized spacial score (nSPS) is 17.5. The number of rotatable bonds is 6. The zero-order chi connectivity index (χ0) is 17.6. The average molecular weight is 331 g/mol. The van der Waals surface area contributed by atoms with E-state index < -0.39 is 5.41 Å². The van der Waals surface area contributed by atoms with E-state index in [4.69, 9.17) is 0 Å². The fourth-order valence-electron chi connectivity index (χ4n) is 3.08. The highest BCUT2D eigenvalue weighted by Gasteiger charge is 2.34. The minimum Gasteiger partial charge on any atom is -0.354 e. The van der Waals surface area contributed by atoms with Crippen LogP contribution in [-0.2, 0) is 4.79 Å². The summed E-state index contributed by atoms with van der Waals surface area (Å²) in [7, 11) is 0. The molecule has 0 saturated heterocycles. The van der Waals surface area contributed by atoms with Crippen molar-refractivity contribution >= 4 is 11.8 Å². The van der Waals surface area contributed by atoms with Crippen molar-refractivity contribution in [1.82, 2.24) is 20.6 Å². The molecule has 130 valence electrons. The molecular formula is C17H25N5O2. The average Bonchev–Trinajstić information content (AvgIpc) is 3.00. The number of nitrogens with zero attached hydrogens (tertiary/aromatic N) is 2. The molecule has 2 rings (SSSR count). The van der Waals surface area contributed by atoms with E-state index in [9.17, 15) is 14.9 Å². The van der Waals surface area contributed by atoms with Gasteiger partial charge in [0, 0.05) is 19.0 Å². The van der Waals surface area contributed by atoms with Crippen molar-refractivity contribution in [2.45, 2.75) is 58.4 Å². The molecule has 1 heterocycles. The highest BCUT2D eigenvalue weighted by atomic mass is 16.2. The van der Waals surface area contributed by atoms with Crippen LogP contribution >= 0.6 is 0 Å². The Morgan fingerprint density at radius 3 is 2.71 bits per heavy atom. The largest absolute Gasteiger partial charge is 0.354 e. The number of carbonyl (C=O) groups is 2. The summed E-state index contributed by atoms with van der Waals surface area (Å²) >= 11 is 0. The van der Waals surface area contributed by atoms with E-state index in [0.717, 1.165) is 32.1 Å². The third kappa shape index (κ3) is 4.82. The molecule has 0 aliphatic heterocycles. The minimum absolute atomic E-state index is 0.128. The van der Waals surface area contributed by atoms with Crippen LogP contribution in [0.3, 0.4) is 0 Å². The number of aromatic nitrogens is 2. The van der Waals surface area contributed by atoms with E-state index in [2.05, 4.69) is 26.7 Å². The third-order valence-corrected chi connectivity index (χ3v) is 4.48. The summed E-state index contributed by atoms with van der Waals surface area (Å²) in [5.41, 5.74) is -0.112. The van der Waals surface area contributed by atoms with Gasteiger partial charge >= 0.3 is 0 Å². The van der Waals surface area contributed by atoms with Gasteiger partial charge in [-0.15, -0.1) is 0 Å². The Kier molecular flexibility index (Phi) is 5.96. The van der Waals surface area contributed by atoms with Crippen LogP contribution in [0.4, 0.5) is 0 Å². The number of imidazole rings is 1. The summed E-state index contributed by atoms with van der Waals surface area (Å²) in [6.45, 7) is 3.93. The summed E-state index contributed by atoms with van der Waals surface area (Å²) < 4.78 is 0. The van der Waals surface area contributed by atoms with Crippen LogP contribution in [0.15, 0.2) is 6.20 Å². The first-order chi connectivity index (χ1) is 11.4. The lowest BCUT2D eigenvalue weighted by molar-refractivity contribution is -0.123. The molecule has 1 aliphatic carbocycles. The quantitative estimate of drug-likeness (QED) is 0.738. The number of nitriles is 1. The monoisotopic (exact) mass is 331 g/mol. The maximum Gasteiger partial charge on any atom is 0.269 e. The number of hydrogen-bond donors (Lipinski definition) is 3. The Morgan fingerprint density at radius 2 is 2.12 bits per heavy atom. The second-order valence-electron chi connectivity index (χ2n) is 6.69. The Bertz CT molecular complexity index is 625. The molecule has 1 aliphatic rings. The van der Waals surface area contributed by atoms with Crippen molar-refractivity contribution in [2.24, 2.45) is 5.41 Å². The van der Waals surface area contributed by atoms with Crippen LogP contribution in [0.5, 0.6) is 0 Å². The first-order valence-corrected chi connectivity index (χ1v) is 8.44. The van der Waals surface area contributed by atoms with Crippen LogP contribution in [0.25, 0.3) is 0 Å². The lowest BCUT2D eigenvalue weighted by Gasteiger charge is -2.30. The molecule has 0 radical (unpaired) electrons. The van der Waals surface area contributed by atoms with Gasteiger partial charge in [0.05, 0.1) is 17.7 Å². The van der Waals surface area contributed by atoms with Crippen LogP contribution in [0.2, 0.25) is 0 Å². The minimum atomic E-state index is -0.512. The first-order valence-electron chi connectivity index (χ1n) is 8.44. The van der Waals surface area contributed by atoms with Gasteiger partial charge in [0.2, 0.25) is 5.91 Å². The summed E-state index contributed by atoms with van der Waals surface area (Å²) in [5.74, 6) is 0.297. The SMILES string of the molecule is Cc1ncc(C(=O)N[C@H](C)CNC(=O)CC2(C#N)CCCCC2)[nH]1. The van der Waals surface area contributed by atoms with Crippen molar-refractivity contribution in [1.29, 1.82) is 5.26 Å². The molecule has 1 fully saturated rings. The van der Waals surface area contributed by atoms with Gasteiger partial charge in [0.1, 0.15) is 11.5 Å². The number of carbonyl (C=O) groups excluding carboxylic acids is 2. The van der Waals surface area contributed by atoms with Crippen molar-refractivity contribution in [2.75, 3.05) is 6.54 Å². The van der Waals surface area contributed by atoms with Gasteiger partial charge in [-0.05, 0) is 26.7 Å². The Labute approximate surface area is 142 Å². The number of amides is 2. The van der Waals surface area contributed by atoms with E-state index in [0.29, 0.717) is 18.1 Å². The lowest BCUT2D eigenvalue weighted by atomic mass is 9.73. The molecule has 3 N–H and O–H groups in total. The first kappa shape index (κ1) is 18.0.